The molecule has 0 spiro atoms. The summed E-state index contributed by atoms with van der Waals surface area (Å²) in [7, 11) is 0. The van der Waals surface area contributed by atoms with E-state index < -0.39 is 0 Å². The molecule has 2 N–H and O–H groups in total. The van der Waals surface area contributed by atoms with Gasteiger partial charge in [-0.15, -0.1) is 0 Å². The van der Waals surface area contributed by atoms with Gasteiger partial charge in [-0.1, -0.05) is 46.5 Å². The van der Waals surface area contributed by atoms with Gasteiger partial charge < -0.3 is 10.7 Å². The predicted molar refractivity (Wildman–Crippen MR) is 87.8 cm³/mol. The summed E-state index contributed by atoms with van der Waals surface area (Å²) in [6.45, 7) is 7.47. The van der Waals surface area contributed by atoms with Gasteiger partial charge in [-0.05, 0) is 30.9 Å². The molecule has 3 nitrogen and oxygen atoms in total. The molecule has 0 aromatic carbocycles. The van der Waals surface area contributed by atoms with E-state index in [2.05, 4.69) is 31.1 Å². The van der Waals surface area contributed by atoms with Crippen LogP contribution in [0.3, 0.4) is 0 Å². The Labute approximate surface area is 123 Å². The molecular formula is C17H29N3. The fraction of sp³-hybridized carbons (Fsp3) is 0.647. The maximum atomic E-state index is 8.19. The Hall–Kier alpha value is -1.38. The van der Waals surface area contributed by atoms with E-state index in [1.807, 2.05) is 12.1 Å². The van der Waals surface area contributed by atoms with Gasteiger partial charge in [0.25, 0.3) is 0 Å². The van der Waals surface area contributed by atoms with Crippen LogP contribution in [0.1, 0.15) is 64.9 Å². The highest BCUT2D eigenvalue weighted by molar-refractivity contribution is 6.02. The van der Waals surface area contributed by atoms with E-state index in [0.717, 1.165) is 24.3 Å². The molecule has 0 saturated heterocycles. The van der Waals surface area contributed by atoms with E-state index in [1.165, 1.54) is 32.1 Å². The van der Waals surface area contributed by atoms with E-state index >= 15 is 0 Å². The Balaban J connectivity index is 2.47. The maximum Gasteiger partial charge on any atom is 0.135 e. The maximum absolute atomic E-state index is 8.19. The highest BCUT2D eigenvalue weighted by atomic mass is 15.0. The van der Waals surface area contributed by atoms with Crippen molar-refractivity contribution in [3.63, 3.8) is 0 Å². The molecule has 0 unspecified atom stereocenters. The van der Waals surface area contributed by atoms with Gasteiger partial charge in [-0.3, -0.25) is 0 Å². The zero-order chi connectivity index (χ0) is 14.8. The molecule has 0 aliphatic heterocycles. The molecular weight excluding hydrogens is 246 g/mol. The van der Waals surface area contributed by atoms with Crippen molar-refractivity contribution in [3.05, 3.63) is 23.9 Å². The fourth-order valence-corrected chi connectivity index (χ4v) is 2.24. The number of nitrogens with zero attached hydrogens (tertiary/aromatic N) is 1. The van der Waals surface area contributed by atoms with Crippen molar-refractivity contribution in [1.29, 1.82) is 5.41 Å². The van der Waals surface area contributed by atoms with Crippen LogP contribution in [0.5, 0.6) is 0 Å². The van der Waals surface area contributed by atoms with Crippen molar-refractivity contribution in [3.8, 4) is 0 Å². The van der Waals surface area contributed by atoms with Gasteiger partial charge in [0.2, 0.25) is 0 Å². The van der Waals surface area contributed by atoms with E-state index in [-0.39, 0.29) is 0 Å². The summed E-state index contributed by atoms with van der Waals surface area (Å²) in [5.41, 5.74) is 1.64. The van der Waals surface area contributed by atoms with E-state index in [0.29, 0.717) is 11.6 Å². The molecule has 0 saturated carbocycles. The quantitative estimate of drug-likeness (QED) is 0.472. The average molecular weight is 275 g/mol. The molecule has 1 rings (SSSR count). The molecule has 0 aliphatic carbocycles. The SMILES string of the molecule is CCCCCCCNc1ncccc1C(=N)CC(C)C. The van der Waals surface area contributed by atoms with Gasteiger partial charge >= 0.3 is 0 Å². The third-order valence-corrected chi connectivity index (χ3v) is 3.32. The normalized spacial score (nSPS) is 10.8. The van der Waals surface area contributed by atoms with Gasteiger partial charge in [-0.2, -0.15) is 0 Å². The van der Waals surface area contributed by atoms with Crippen molar-refractivity contribution in [2.75, 3.05) is 11.9 Å². The van der Waals surface area contributed by atoms with Crippen molar-refractivity contribution in [2.24, 2.45) is 5.92 Å². The third-order valence-electron chi connectivity index (χ3n) is 3.32. The zero-order valence-electron chi connectivity index (χ0n) is 13.2. The molecule has 1 heterocycles. The van der Waals surface area contributed by atoms with Crippen LogP contribution in [0, 0.1) is 11.3 Å². The van der Waals surface area contributed by atoms with Crippen LogP contribution >= 0.6 is 0 Å². The van der Waals surface area contributed by atoms with Gasteiger partial charge in [-0.25, -0.2) is 4.98 Å². The summed E-state index contributed by atoms with van der Waals surface area (Å²) in [6, 6.07) is 3.91. The van der Waals surface area contributed by atoms with Crippen molar-refractivity contribution in [2.45, 2.75) is 59.3 Å². The topological polar surface area (TPSA) is 48.8 Å². The number of aromatic nitrogens is 1. The summed E-state index contributed by atoms with van der Waals surface area (Å²) in [5, 5.41) is 11.6. The Bertz CT molecular complexity index is 399. The number of rotatable bonds is 10. The lowest BCUT2D eigenvalue weighted by Gasteiger charge is -2.13. The van der Waals surface area contributed by atoms with Crippen LogP contribution in [0.4, 0.5) is 5.82 Å². The lowest BCUT2D eigenvalue weighted by atomic mass is 10.0. The van der Waals surface area contributed by atoms with Gasteiger partial charge in [0.15, 0.2) is 0 Å². The van der Waals surface area contributed by atoms with Crippen molar-refractivity contribution in [1.82, 2.24) is 4.98 Å². The molecule has 0 aliphatic rings. The lowest BCUT2D eigenvalue weighted by molar-refractivity contribution is 0.644. The number of pyridine rings is 1. The summed E-state index contributed by atoms with van der Waals surface area (Å²) >= 11 is 0. The highest BCUT2D eigenvalue weighted by Crippen LogP contribution is 2.16. The predicted octanol–water partition coefficient (Wildman–Crippen LogP) is 4.88. The third kappa shape index (κ3) is 6.18. The van der Waals surface area contributed by atoms with Crippen molar-refractivity contribution >= 4 is 11.5 Å². The number of nitrogens with one attached hydrogen (secondary N) is 2. The summed E-state index contributed by atoms with van der Waals surface area (Å²) in [4.78, 5) is 4.39. The molecule has 1 aromatic heterocycles. The molecule has 0 bridgehead atoms. The lowest BCUT2D eigenvalue weighted by Crippen LogP contribution is -2.11. The molecule has 3 heteroatoms. The monoisotopic (exact) mass is 275 g/mol. The Morgan fingerprint density at radius 2 is 2.00 bits per heavy atom. The van der Waals surface area contributed by atoms with Crippen LogP contribution in [0.25, 0.3) is 0 Å². The molecule has 112 valence electrons. The Kier molecular flexibility index (Phi) is 7.93. The van der Waals surface area contributed by atoms with Gasteiger partial charge in [0, 0.05) is 24.0 Å². The van der Waals surface area contributed by atoms with Gasteiger partial charge in [0.1, 0.15) is 5.82 Å². The second-order valence-corrected chi connectivity index (χ2v) is 5.82. The minimum atomic E-state index is 0.504. The molecule has 0 fully saturated rings. The van der Waals surface area contributed by atoms with Crippen LogP contribution in [0.15, 0.2) is 18.3 Å². The minimum absolute atomic E-state index is 0.504. The first-order valence-corrected chi connectivity index (χ1v) is 7.91. The highest BCUT2D eigenvalue weighted by Gasteiger charge is 2.09. The molecule has 0 amide bonds. The number of hydrogen-bond acceptors (Lipinski definition) is 3. The standard InChI is InChI=1S/C17H29N3/c1-4-5-6-7-8-11-19-17-15(10-9-12-20-17)16(18)13-14(2)3/h9-10,12,14,18H,4-8,11,13H2,1-3H3,(H,19,20). The van der Waals surface area contributed by atoms with E-state index in [9.17, 15) is 0 Å². The summed E-state index contributed by atoms with van der Waals surface area (Å²) in [5.74, 6) is 1.37. The van der Waals surface area contributed by atoms with Crippen LogP contribution in [0.2, 0.25) is 0 Å². The number of unbranched alkanes of at least 4 members (excludes halogenated alkanes) is 4. The summed E-state index contributed by atoms with van der Waals surface area (Å²) < 4.78 is 0. The largest absolute Gasteiger partial charge is 0.370 e. The number of anilines is 1. The smallest absolute Gasteiger partial charge is 0.135 e. The molecule has 0 radical (unpaired) electrons. The second kappa shape index (κ2) is 9.51. The first-order valence-electron chi connectivity index (χ1n) is 7.91. The minimum Gasteiger partial charge on any atom is -0.370 e. The van der Waals surface area contributed by atoms with Crippen LogP contribution < -0.4 is 5.32 Å². The fourth-order valence-electron chi connectivity index (χ4n) is 2.24. The zero-order valence-corrected chi connectivity index (χ0v) is 13.2. The average Bonchev–Trinajstić information content (AvgIpc) is 2.42. The first kappa shape index (κ1) is 16.7. The van der Waals surface area contributed by atoms with Crippen LogP contribution in [-0.2, 0) is 0 Å². The first-order chi connectivity index (χ1) is 9.65. The molecule has 1 aromatic rings. The molecule has 20 heavy (non-hydrogen) atoms. The van der Waals surface area contributed by atoms with E-state index in [1.54, 1.807) is 6.20 Å². The summed E-state index contributed by atoms with van der Waals surface area (Å²) in [6.07, 6.45) is 8.97. The van der Waals surface area contributed by atoms with Gasteiger partial charge in [0.05, 0.1) is 0 Å². The Morgan fingerprint density at radius 3 is 2.70 bits per heavy atom. The number of hydrogen-bond donors (Lipinski definition) is 2. The van der Waals surface area contributed by atoms with Crippen molar-refractivity contribution < 1.29 is 0 Å². The van der Waals surface area contributed by atoms with E-state index in [4.69, 9.17) is 5.41 Å². The Morgan fingerprint density at radius 1 is 1.25 bits per heavy atom. The second-order valence-electron chi connectivity index (χ2n) is 5.82. The molecule has 0 atom stereocenters. The van der Waals surface area contributed by atoms with Crippen LogP contribution in [-0.4, -0.2) is 17.2 Å².